The van der Waals surface area contributed by atoms with Gasteiger partial charge in [0.1, 0.15) is 12.4 Å². The lowest BCUT2D eigenvalue weighted by Crippen LogP contribution is -1.92. The highest BCUT2D eigenvalue weighted by Crippen LogP contribution is 2.29. The molecule has 2 aromatic carbocycles. The third-order valence-corrected chi connectivity index (χ3v) is 3.85. The summed E-state index contributed by atoms with van der Waals surface area (Å²) >= 11 is 1.56. The zero-order valence-corrected chi connectivity index (χ0v) is 10.8. The largest absolute Gasteiger partial charge is 0.504 e. The summed E-state index contributed by atoms with van der Waals surface area (Å²) in [5, 5.41) is 10.5. The molecule has 0 amide bonds. The Bertz CT molecular complexity index is 721. The molecule has 0 radical (unpaired) electrons. The van der Waals surface area contributed by atoms with Crippen molar-refractivity contribution in [2.24, 2.45) is 0 Å². The summed E-state index contributed by atoms with van der Waals surface area (Å²) in [6, 6.07) is 13.5. The van der Waals surface area contributed by atoms with Gasteiger partial charge in [-0.2, -0.15) is 0 Å². The Morgan fingerprint density at radius 3 is 2.79 bits per heavy atom. The van der Waals surface area contributed by atoms with Crippen molar-refractivity contribution in [3.63, 3.8) is 0 Å². The Kier molecular flexibility index (Phi) is 3.09. The van der Waals surface area contributed by atoms with Gasteiger partial charge in [-0.25, -0.2) is 4.39 Å². The van der Waals surface area contributed by atoms with E-state index in [1.807, 2.05) is 6.07 Å². The molecule has 0 saturated heterocycles. The quantitative estimate of drug-likeness (QED) is 0.770. The van der Waals surface area contributed by atoms with Gasteiger partial charge in [-0.3, -0.25) is 0 Å². The first-order valence-electron chi connectivity index (χ1n) is 5.81. The van der Waals surface area contributed by atoms with E-state index < -0.39 is 0 Å². The second-order valence-corrected chi connectivity index (χ2v) is 5.32. The number of hydrogen-bond donors (Lipinski definition) is 1. The second kappa shape index (κ2) is 4.90. The van der Waals surface area contributed by atoms with Crippen LogP contribution in [-0.4, -0.2) is 5.11 Å². The van der Waals surface area contributed by atoms with E-state index in [2.05, 4.69) is 0 Å². The molecule has 0 aliphatic heterocycles. The topological polar surface area (TPSA) is 29.5 Å². The molecule has 96 valence electrons. The molecular formula is C15H11FO2S. The van der Waals surface area contributed by atoms with Crippen LogP contribution in [0.4, 0.5) is 4.39 Å². The minimum absolute atomic E-state index is 0.120. The molecule has 3 aromatic rings. The SMILES string of the molecule is Oc1ccccc1OCc1cc2cc(F)ccc2s1. The Morgan fingerprint density at radius 2 is 1.95 bits per heavy atom. The standard InChI is InChI=1S/C15H11FO2S/c16-11-5-6-15-10(7-11)8-12(19-15)9-18-14-4-2-1-3-13(14)17/h1-8,17H,9H2. The summed E-state index contributed by atoms with van der Waals surface area (Å²) in [5.41, 5.74) is 0. The Balaban J connectivity index is 1.80. The van der Waals surface area contributed by atoms with E-state index in [9.17, 15) is 9.50 Å². The van der Waals surface area contributed by atoms with Crippen molar-refractivity contribution in [3.05, 3.63) is 59.2 Å². The Morgan fingerprint density at radius 1 is 1.11 bits per heavy atom. The summed E-state index contributed by atoms with van der Waals surface area (Å²) in [5.74, 6) is 0.333. The van der Waals surface area contributed by atoms with E-state index in [-0.39, 0.29) is 11.6 Å². The number of halogens is 1. The Hall–Kier alpha value is -2.07. The van der Waals surface area contributed by atoms with Crippen LogP contribution in [-0.2, 0) is 6.61 Å². The molecule has 0 atom stereocenters. The normalized spacial score (nSPS) is 10.8. The number of ether oxygens (including phenoxy) is 1. The van der Waals surface area contributed by atoms with Gasteiger partial charge in [0.2, 0.25) is 0 Å². The molecule has 0 aliphatic carbocycles. The number of benzene rings is 2. The summed E-state index contributed by atoms with van der Waals surface area (Å²) < 4.78 is 19.7. The first-order chi connectivity index (χ1) is 9.22. The maximum absolute atomic E-state index is 13.1. The lowest BCUT2D eigenvalue weighted by Gasteiger charge is -2.05. The van der Waals surface area contributed by atoms with Crippen LogP contribution in [0, 0.1) is 5.82 Å². The van der Waals surface area contributed by atoms with Crippen LogP contribution in [0.1, 0.15) is 4.88 Å². The second-order valence-electron chi connectivity index (χ2n) is 4.15. The highest BCUT2D eigenvalue weighted by atomic mass is 32.1. The van der Waals surface area contributed by atoms with Gasteiger partial charge in [0.05, 0.1) is 0 Å². The predicted octanol–water partition coefficient (Wildman–Crippen LogP) is 4.33. The summed E-state index contributed by atoms with van der Waals surface area (Å²) in [6.07, 6.45) is 0. The van der Waals surface area contributed by atoms with Gasteiger partial charge >= 0.3 is 0 Å². The van der Waals surface area contributed by atoms with Crippen LogP contribution < -0.4 is 4.74 Å². The van der Waals surface area contributed by atoms with Crippen LogP contribution in [0.3, 0.4) is 0 Å². The van der Waals surface area contributed by atoms with Gasteiger partial charge < -0.3 is 9.84 Å². The molecule has 0 fully saturated rings. The maximum Gasteiger partial charge on any atom is 0.161 e. The first kappa shape index (κ1) is 12.0. The smallest absolute Gasteiger partial charge is 0.161 e. The van der Waals surface area contributed by atoms with Gasteiger partial charge in [-0.1, -0.05) is 12.1 Å². The van der Waals surface area contributed by atoms with E-state index in [0.717, 1.165) is 15.0 Å². The van der Waals surface area contributed by atoms with Crippen LogP contribution in [0.2, 0.25) is 0 Å². The summed E-state index contributed by atoms with van der Waals surface area (Å²) in [7, 11) is 0. The molecule has 1 N–H and O–H groups in total. The van der Waals surface area contributed by atoms with Crippen molar-refractivity contribution in [2.45, 2.75) is 6.61 Å². The van der Waals surface area contributed by atoms with Crippen molar-refractivity contribution < 1.29 is 14.2 Å². The molecule has 2 nitrogen and oxygen atoms in total. The van der Waals surface area contributed by atoms with Crippen molar-refractivity contribution in [2.75, 3.05) is 0 Å². The number of thiophene rings is 1. The minimum Gasteiger partial charge on any atom is -0.504 e. The van der Waals surface area contributed by atoms with E-state index in [0.29, 0.717) is 12.4 Å². The third kappa shape index (κ3) is 2.53. The average molecular weight is 274 g/mol. The fraction of sp³-hybridized carbons (Fsp3) is 0.0667. The number of para-hydroxylation sites is 2. The predicted molar refractivity (Wildman–Crippen MR) is 74.2 cm³/mol. The number of hydrogen-bond acceptors (Lipinski definition) is 3. The van der Waals surface area contributed by atoms with Gasteiger partial charge in [0, 0.05) is 9.58 Å². The lowest BCUT2D eigenvalue weighted by atomic mass is 10.2. The molecule has 0 spiro atoms. The van der Waals surface area contributed by atoms with Gasteiger partial charge in [0.25, 0.3) is 0 Å². The molecule has 0 aliphatic rings. The number of fused-ring (bicyclic) bond motifs is 1. The average Bonchev–Trinajstić information content (AvgIpc) is 2.79. The Labute approximate surface area is 113 Å². The molecule has 3 rings (SSSR count). The zero-order chi connectivity index (χ0) is 13.2. The van der Waals surface area contributed by atoms with Crippen molar-refractivity contribution >= 4 is 21.4 Å². The van der Waals surface area contributed by atoms with Crippen LogP contribution in [0.25, 0.3) is 10.1 Å². The number of phenols is 1. The molecule has 1 heterocycles. The fourth-order valence-corrected chi connectivity index (χ4v) is 2.83. The van der Waals surface area contributed by atoms with E-state index in [4.69, 9.17) is 4.74 Å². The highest BCUT2D eigenvalue weighted by Gasteiger charge is 2.05. The third-order valence-electron chi connectivity index (χ3n) is 2.76. The van der Waals surface area contributed by atoms with Crippen molar-refractivity contribution in [1.82, 2.24) is 0 Å². The molecule has 0 saturated carbocycles. The molecule has 4 heteroatoms. The summed E-state index contributed by atoms with van der Waals surface area (Å²) in [6.45, 7) is 0.360. The van der Waals surface area contributed by atoms with Crippen LogP contribution >= 0.6 is 11.3 Å². The minimum atomic E-state index is -0.238. The molecule has 1 aromatic heterocycles. The number of rotatable bonds is 3. The molecular weight excluding hydrogens is 263 g/mol. The monoisotopic (exact) mass is 274 g/mol. The fourth-order valence-electron chi connectivity index (χ4n) is 1.87. The first-order valence-corrected chi connectivity index (χ1v) is 6.63. The van der Waals surface area contributed by atoms with Crippen LogP contribution in [0.15, 0.2) is 48.5 Å². The van der Waals surface area contributed by atoms with E-state index in [1.165, 1.54) is 12.1 Å². The molecule has 0 unspecified atom stereocenters. The lowest BCUT2D eigenvalue weighted by molar-refractivity contribution is 0.292. The number of aromatic hydroxyl groups is 1. The molecule has 19 heavy (non-hydrogen) atoms. The van der Waals surface area contributed by atoms with Gasteiger partial charge in [-0.15, -0.1) is 11.3 Å². The van der Waals surface area contributed by atoms with Crippen molar-refractivity contribution in [3.8, 4) is 11.5 Å². The van der Waals surface area contributed by atoms with Crippen molar-refractivity contribution in [1.29, 1.82) is 0 Å². The van der Waals surface area contributed by atoms with E-state index >= 15 is 0 Å². The number of phenolic OH excluding ortho intramolecular Hbond substituents is 1. The van der Waals surface area contributed by atoms with Crippen LogP contribution in [0.5, 0.6) is 11.5 Å². The zero-order valence-electron chi connectivity index (χ0n) is 9.97. The summed E-state index contributed by atoms with van der Waals surface area (Å²) in [4.78, 5) is 0.990. The highest BCUT2D eigenvalue weighted by molar-refractivity contribution is 7.19. The molecule has 0 bridgehead atoms. The van der Waals surface area contributed by atoms with Gasteiger partial charge in [0.15, 0.2) is 11.5 Å². The maximum atomic E-state index is 13.1. The van der Waals surface area contributed by atoms with Gasteiger partial charge in [-0.05, 0) is 41.8 Å². The van der Waals surface area contributed by atoms with E-state index in [1.54, 1.807) is 41.7 Å².